The van der Waals surface area contributed by atoms with E-state index in [-0.39, 0.29) is 11.5 Å². The topological polar surface area (TPSA) is 84.5 Å². The monoisotopic (exact) mass is 494 g/mol. The fourth-order valence-corrected chi connectivity index (χ4v) is 4.65. The number of fused-ring (bicyclic) bond motifs is 2. The Kier molecular flexibility index (Phi) is 6.82. The molecule has 3 aromatic carbocycles. The van der Waals surface area contributed by atoms with Gasteiger partial charge in [0.2, 0.25) is 0 Å². The average molecular weight is 495 g/mol. The van der Waals surface area contributed by atoms with Crippen molar-refractivity contribution < 1.29 is 19.1 Å². The van der Waals surface area contributed by atoms with Gasteiger partial charge in [-0.1, -0.05) is 50.2 Å². The maximum absolute atomic E-state index is 12.5. The molecule has 2 heterocycles. The molecular formula is C31H30N2O4. The third-order valence-corrected chi connectivity index (χ3v) is 6.77. The van der Waals surface area contributed by atoms with Crippen molar-refractivity contribution in [1.29, 1.82) is 0 Å². The largest absolute Gasteiger partial charge is 0.478 e. The molecule has 2 aromatic heterocycles. The summed E-state index contributed by atoms with van der Waals surface area (Å²) < 4.78 is 8.19. The van der Waals surface area contributed by atoms with Crippen molar-refractivity contribution >= 4 is 33.7 Å². The summed E-state index contributed by atoms with van der Waals surface area (Å²) in [7, 11) is 0. The number of unbranched alkanes of at least 4 members (excludes halogenated alkanes) is 1. The van der Waals surface area contributed by atoms with E-state index >= 15 is 0 Å². The van der Waals surface area contributed by atoms with E-state index in [0.717, 1.165) is 46.0 Å². The zero-order chi connectivity index (χ0) is 25.9. The number of carboxylic acids is 1. The van der Waals surface area contributed by atoms with Crippen molar-refractivity contribution in [2.75, 3.05) is 6.54 Å². The summed E-state index contributed by atoms with van der Waals surface area (Å²) in [5, 5.41) is 14.5. The van der Waals surface area contributed by atoms with Gasteiger partial charge in [-0.05, 0) is 60.7 Å². The summed E-state index contributed by atoms with van der Waals surface area (Å²) in [6.07, 6.45) is 3.66. The van der Waals surface area contributed by atoms with Crippen LogP contribution in [0.15, 0.2) is 83.4 Å². The van der Waals surface area contributed by atoms with E-state index in [1.165, 1.54) is 5.56 Å². The fourth-order valence-electron chi connectivity index (χ4n) is 4.65. The molecule has 0 aliphatic heterocycles. The Morgan fingerprint density at radius 2 is 1.70 bits per heavy atom. The average Bonchev–Trinajstić information content (AvgIpc) is 3.49. The van der Waals surface area contributed by atoms with Crippen molar-refractivity contribution in [3.63, 3.8) is 0 Å². The van der Waals surface area contributed by atoms with Gasteiger partial charge in [0.05, 0.1) is 5.56 Å². The third-order valence-electron chi connectivity index (χ3n) is 6.77. The molecule has 0 aliphatic carbocycles. The number of aromatic nitrogens is 1. The molecule has 5 rings (SSSR count). The third kappa shape index (κ3) is 5.14. The zero-order valence-corrected chi connectivity index (χ0v) is 21.0. The quantitative estimate of drug-likeness (QED) is 0.214. The summed E-state index contributed by atoms with van der Waals surface area (Å²) in [5.41, 5.74) is 4.72. The predicted octanol–water partition coefficient (Wildman–Crippen LogP) is 7.09. The van der Waals surface area contributed by atoms with Crippen molar-refractivity contribution in [2.45, 2.75) is 39.2 Å². The summed E-state index contributed by atoms with van der Waals surface area (Å²) >= 11 is 0. The molecule has 6 heteroatoms. The second-order valence-electron chi connectivity index (χ2n) is 9.66. The Labute approximate surface area is 215 Å². The van der Waals surface area contributed by atoms with Crippen LogP contribution < -0.4 is 5.32 Å². The number of furan rings is 1. The molecular weight excluding hydrogens is 464 g/mol. The second kappa shape index (κ2) is 10.3. The molecule has 37 heavy (non-hydrogen) atoms. The van der Waals surface area contributed by atoms with Gasteiger partial charge in [0.25, 0.3) is 5.91 Å². The highest BCUT2D eigenvalue weighted by Crippen LogP contribution is 2.35. The van der Waals surface area contributed by atoms with E-state index in [1.54, 1.807) is 12.1 Å². The van der Waals surface area contributed by atoms with Gasteiger partial charge in [0.1, 0.15) is 11.3 Å². The first-order chi connectivity index (χ1) is 17.9. The highest BCUT2D eigenvalue weighted by molar-refractivity contribution is 6.00. The van der Waals surface area contributed by atoms with Crippen molar-refractivity contribution in [2.24, 2.45) is 0 Å². The van der Waals surface area contributed by atoms with Gasteiger partial charge in [-0.15, -0.1) is 0 Å². The van der Waals surface area contributed by atoms with Crippen LogP contribution in [0.5, 0.6) is 0 Å². The number of carboxylic acid groups (broad SMARTS) is 1. The molecule has 0 saturated heterocycles. The van der Waals surface area contributed by atoms with Crippen LogP contribution in [0.4, 0.5) is 0 Å². The Morgan fingerprint density at radius 3 is 2.43 bits per heavy atom. The van der Waals surface area contributed by atoms with E-state index < -0.39 is 5.97 Å². The van der Waals surface area contributed by atoms with E-state index in [2.05, 4.69) is 23.7 Å². The smallest absolute Gasteiger partial charge is 0.335 e. The Hall–Kier alpha value is -4.32. The molecule has 0 spiro atoms. The number of amides is 1. The Morgan fingerprint density at radius 1 is 0.946 bits per heavy atom. The van der Waals surface area contributed by atoms with E-state index in [1.807, 2.05) is 66.9 Å². The summed E-state index contributed by atoms with van der Waals surface area (Å²) in [6, 6.07) is 22.8. The van der Waals surface area contributed by atoms with Crippen LogP contribution in [0, 0.1) is 0 Å². The lowest BCUT2D eigenvalue weighted by atomic mass is 10.0. The van der Waals surface area contributed by atoms with Crippen molar-refractivity contribution in [3.05, 3.63) is 95.7 Å². The number of para-hydroxylation sites is 1. The van der Waals surface area contributed by atoms with Gasteiger partial charge in [0, 0.05) is 46.7 Å². The summed E-state index contributed by atoms with van der Waals surface area (Å²) in [6.45, 7) is 5.52. The Balaban J connectivity index is 1.29. The molecule has 5 aromatic rings. The van der Waals surface area contributed by atoms with Crippen LogP contribution >= 0.6 is 0 Å². The minimum absolute atomic E-state index is 0.0695. The lowest BCUT2D eigenvalue weighted by Crippen LogP contribution is -2.24. The van der Waals surface area contributed by atoms with Crippen LogP contribution in [0.1, 0.15) is 58.9 Å². The molecule has 188 valence electrons. The van der Waals surface area contributed by atoms with Gasteiger partial charge in [-0.3, -0.25) is 4.79 Å². The van der Waals surface area contributed by atoms with Crippen molar-refractivity contribution in [3.8, 4) is 11.3 Å². The number of aromatic carboxylic acids is 1. The van der Waals surface area contributed by atoms with Gasteiger partial charge in [-0.2, -0.15) is 0 Å². The number of aryl methyl sites for hydroxylation is 1. The van der Waals surface area contributed by atoms with Gasteiger partial charge >= 0.3 is 5.97 Å². The molecule has 0 radical (unpaired) electrons. The SMILES string of the molecule is CC(C)c1ccc(C(=O)NCCCCn2cc(-c3cc4ccccc4o3)c3ccc(C(=O)O)cc32)cc1. The van der Waals surface area contributed by atoms with Gasteiger partial charge in [-0.25, -0.2) is 4.79 Å². The van der Waals surface area contributed by atoms with Crippen LogP contribution in [-0.2, 0) is 6.54 Å². The molecule has 0 unspecified atom stereocenters. The van der Waals surface area contributed by atoms with Gasteiger partial charge < -0.3 is 19.4 Å². The molecule has 0 saturated carbocycles. The number of nitrogens with zero attached hydrogens (tertiary/aromatic N) is 1. The van der Waals surface area contributed by atoms with Crippen molar-refractivity contribution in [1.82, 2.24) is 9.88 Å². The number of carbonyl (C=O) groups excluding carboxylic acids is 1. The number of benzene rings is 3. The molecule has 0 bridgehead atoms. The maximum atomic E-state index is 12.5. The molecule has 1 amide bonds. The van der Waals surface area contributed by atoms with Gasteiger partial charge in [0.15, 0.2) is 0 Å². The maximum Gasteiger partial charge on any atom is 0.335 e. The predicted molar refractivity (Wildman–Crippen MR) is 146 cm³/mol. The molecule has 2 N–H and O–H groups in total. The highest BCUT2D eigenvalue weighted by atomic mass is 16.4. The fraction of sp³-hybridized carbons (Fsp3) is 0.226. The lowest BCUT2D eigenvalue weighted by molar-refractivity contribution is 0.0696. The molecule has 0 fully saturated rings. The van der Waals surface area contributed by atoms with Crippen LogP contribution in [0.25, 0.3) is 33.2 Å². The lowest BCUT2D eigenvalue weighted by Gasteiger charge is -2.09. The molecule has 0 aliphatic rings. The van der Waals surface area contributed by atoms with E-state index in [0.29, 0.717) is 24.6 Å². The number of carbonyl (C=O) groups is 2. The van der Waals surface area contributed by atoms with E-state index in [9.17, 15) is 14.7 Å². The number of hydrogen-bond acceptors (Lipinski definition) is 3. The standard InChI is InChI=1S/C31H30N2O4/c1-20(2)21-9-11-22(12-10-21)30(34)32-15-5-6-16-33-19-26(25-14-13-24(31(35)36)17-27(25)33)29-18-23-7-3-4-8-28(23)37-29/h3-4,7-14,17-20H,5-6,15-16H2,1-2H3,(H,32,34)(H,35,36). The highest BCUT2D eigenvalue weighted by Gasteiger charge is 2.16. The minimum Gasteiger partial charge on any atom is -0.478 e. The first-order valence-corrected chi connectivity index (χ1v) is 12.6. The number of hydrogen-bond donors (Lipinski definition) is 2. The summed E-state index contributed by atoms with van der Waals surface area (Å²) in [4.78, 5) is 24.1. The number of nitrogens with one attached hydrogen (secondary N) is 1. The molecule has 0 atom stereocenters. The van der Waals surface area contributed by atoms with E-state index in [4.69, 9.17) is 4.42 Å². The number of rotatable bonds is 9. The minimum atomic E-state index is -0.955. The molecule has 6 nitrogen and oxygen atoms in total. The van der Waals surface area contributed by atoms with Crippen LogP contribution in [0.2, 0.25) is 0 Å². The van der Waals surface area contributed by atoms with Crippen LogP contribution in [0.3, 0.4) is 0 Å². The normalized spacial score (nSPS) is 11.4. The van der Waals surface area contributed by atoms with Crippen LogP contribution in [-0.4, -0.2) is 28.1 Å². The zero-order valence-electron chi connectivity index (χ0n) is 21.0. The first-order valence-electron chi connectivity index (χ1n) is 12.6. The first kappa shape index (κ1) is 24.4. The summed E-state index contributed by atoms with van der Waals surface area (Å²) in [5.74, 6) is 0.161. The second-order valence-corrected chi connectivity index (χ2v) is 9.66. The Bertz CT molecular complexity index is 1540.